The summed E-state index contributed by atoms with van der Waals surface area (Å²) in [6, 6.07) is -0.677. The number of hydrazone groups is 1. The Morgan fingerprint density at radius 1 is 1.24 bits per heavy atom. The van der Waals surface area contributed by atoms with Crippen molar-refractivity contribution in [3.63, 3.8) is 0 Å². The van der Waals surface area contributed by atoms with Crippen LogP contribution in [0.5, 0.6) is 0 Å². The van der Waals surface area contributed by atoms with Gasteiger partial charge in [0.2, 0.25) is 11.8 Å². The number of morpholine rings is 1. The van der Waals surface area contributed by atoms with Gasteiger partial charge in [0.05, 0.1) is 36.8 Å². The first kappa shape index (κ1) is 23.5. The molecule has 0 bridgehead atoms. The van der Waals surface area contributed by atoms with Gasteiger partial charge in [0.15, 0.2) is 17.0 Å². The predicted octanol–water partition coefficient (Wildman–Crippen LogP) is 0.935. The van der Waals surface area contributed by atoms with Crippen LogP contribution < -0.4 is 21.0 Å². The lowest BCUT2D eigenvalue weighted by molar-refractivity contribution is -0.153. The number of ether oxygens (including phenoxy) is 2. The maximum Gasteiger partial charge on any atom is 0.427 e. The summed E-state index contributed by atoms with van der Waals surface area (Å²) < 4.78 is 41.0. The molecule has 0 saturated carbocycles. The van der Waals surface area contributed by atoms with Crippen LogP contribution in [-0.4, -0.2) is 61.6 Å². The molecule has 0 aromatic heterocycles. The molecule has 3 N–H and O–H groups in total. The lowest BCUT2D eigenvalue weighted by Gasteiger charge is -2.55. The van der Waals surface area contributed by atoms with Crippen molar-refractivity contribution in [2.24, 2.45) is 10.5 Å². The zero-order valence-corrected chi connectivity index (χ0v) is 18.8. The maximum absolute atomic E-state index is 15.5. The van der Waals surface area contributed by atoms with Crippen LogP contribution in [0.2, 0.25) is 0 Å². The Bertz CT molecular complexity index is 1120. The number of amides is 5. The number of hydrogen-bond donors (Lipinski definition) is 3. The summed E-state index contributed by atoms with van der Waals surface area (Å²) in [5.74, 6) is -4.10. The summed E-state index contributed by atoms with van der Waals surface area (Å²) in [5.41, 5.74) is -0.0747. The van der Waals surface area contributed by atoms with Crippen molar-refractivity contribution in [1.82, 2.24) is 16.1 Å². The Hall–Kier alpha value is -3.61. The van der Waals surface area contributed by atoms with Gasteiger partial charge in [0, 0.05) is 18.5 Å². The van der Waals surface area contributed by atoms with Gasteiger partial charge < -0.3 is 14.4 Å². The summed E-state index contributed by atoms with van der Waals surface area (Å²) in [6.45, 7) is 4.79. The van der Waals surface area contributed by atoms with E-state index < -0.39 is 59.2 Å². The summed E-state index contributed by atoms with van der Waals surface area (Å²) in [4.78, 5) is 50.8. The molecule has 4 rings (SSSR count). The fraction of sp³-hybridized carbons (Fsp3) is 0.476. The van der Waals surface area contributed by atoms with Gasteiger partial charge in [-0.1, -0.05) is 0 Å². The quantitative estimate of drug-likeness (QED) is 0.326. The molecule has 0 radical (unpaired) electrons. The predicted molar refractivity (Wildman–Crippen MR) is 113 cm³/mol. The van der Waals surface area contributed by atoms with Crippen molar-refractivity contribution in [2.45, 2.75) is 45.4 Å². The standard InChI is InChI=1S/C21H23F2N5O6/c1-8-7-28-15-11(5-12(13(22)14(15)23)9(2)26-27-20(32)33-4)6-21(16(28)10(3)34-8)17(29)24-19(31)25-18(21)30/h5,8,10,16H,6-7H2,1-4H3,(H,27,32)(H2,24,25,29,30,31)/b26-9+/t8-,10+,16-/m1/s1. The molecule has 3 atom stereocenters. The van der Waals surface area contributed by atoms with Crippen molar-refractivity contribution in [3.05, 3.63) is 28.8 Å². The van der Waals surface area contributed by atoms with Crippen molar-refractivity contribution in [1.29, 1.82) is 0 Å². The van der Waals surface area contributed by atoms with E-state index in [4.69, 9.17) is 4.74 Å². The van der Waals surface area contributed by atoms with Crippen molar-refractivity contribution < 1.29 is 37.4 Å². The second-order valence-corrected chi connectivity index (χ2v) is 8.49. The second kappa shape index (κ2) is 8.31. The van der Waals surface area contributed by atoms with Crippen LogP contribution >= 0.6 is 0 Å². The third-order valence-electron chi connectivity index (χ3n) is 6.36. The van der Waals surface area contributed by atoms with Crippen LogP contribution in [-0.2, 0) is 25.5 Å². The minimum atomic E-state index is -1.84. The molecule has 2 saturated heterocycles. The molecule has 1 spiro atoms. The minimum absolute atomic E-state index is 0.0720. The van der Waals surface area contributed by atoms with E-state index in [9.17, 15) is 19.2 Å². The van der Waals surface area contributed by atoms with Gasteiger partial charge in [-0.05, 0) is 32.4 Å². The van der Waals surface area contributed by atoms with Gasteiger partial charge in [0.1, 0.15) is 0 Å². The Morgan fingerprint density at radius 3 is 2.50 bits per heavy atom. The average Bonchev–Trinajstić information content (AvgIpc) is 2.77. The van der Waals surface area contributed by atoms with Crippen LogP contribution in [0.1, 0.15) is 31.9 Å². The number of methoxy groups -OCH3 is 1. The van der Waals surface area contributed by atoms with E-state index in [0.29, 0.717) is 0 Å². The van der Waals surface area contributed by atoms with Crippen molar-refractivity contribution in [2.75, 3.05) is 18.6 Å². The number of carbonyl (C=O) groups excluding carboxylic acids is 4. The molecule has 5 amide bonds. The molecule has 1 aromatic rings. The highest BCUT2D eigenvalue weighted by atomic mass is 19.2. The Morgan fingerprint density at radius 2 is 1.88 bits per heavy atom. The summed E-state index contributed by atoms with van der Waals surface area (Å²) in [7, 11) is 1.12. The first-order valence-electron chi connectivity index (χ1n) is 10.5. The number of rotatable bonds is 2. The minimum Gasteiger partial charge on any atom is -0.452 e. The fourth-order valence-corrected chi connectivity index (χ4v) is 5.04. The molecule has 3 heterocycles. The Labute approximate surface area is 192 Å². The normalized spacial score (nSPS) is 25.8. The molecule has 3 aliphatic heterocycles. The van der Waals surface area contributed by atoms with E-state index in [0.717, 1.165) is 7.11 Å². The molecule has 1 aromatic carbocycles. The molecule has 11 nitrogen and oxygen atoms in total. The summed E-state index contributed by atoms with van der Waals surface area (Å²) in [5, 5.41) is 7.96. The third kappa shape index (κ3) is 3.47. The number of anilines is 1. The second-order valence-electron chi connectivity index (χ2n) is 8.49. The molecule has 2 fully saturated rings. The van der Waals surface area contributed by atoms with E-state index >= 15 is 8.78 Å². The molecule has 13 heteroatoms. The zero-order valence-electron chi connectivity index (χ0n) is 18.8. The Balaban J connectivity index is 1.90. The number of benzene rings is 1. The van der Waals surface area contributed by atoms with Crippen LogP contribution in [0, 0.1) is 17.0 Å². The monoisotopic (exact) mass is 479 g/mol. The van der Waals surface area contributed by atoms with E-state index in [1.807, 2.05) is 5.43 Å². The van der Waals surface area contributed by atoms with E-state index in [1.165, 1.54) is 17.9 Å². The number of nitrogens with one attached hydrogen (secondary N) is 3. The highest BCUT2D eigenvalue weighted by Crippen LogP contribution is 2.48. The van der Waals surface area contributed by atoms with Gasteiger partial charge >= 0.3 is 12.1 Å². The van der Waals surface area contributed by atoms with Crippen LogP contribution in [0.25, 0.3) is 0 Å². The first-order valence-corrected chi connectivity index (χ1v) is 10.5. The van der Waals surface area contributed by atoms with E-state index in [-0.39, 0.29) is 35.5 Å². The fourth-order valence-electron chi connectivity index (χ4n) is 5.04. The van der Waals surface area contributed by atoms with E-state index in [1.54, 1.807) is 13.8 Å². The molecular formula is C21H23F2N5O6. The van der Waals surface area contributed by atoms with Gasteiger partial charge in [-0.15, -0.1) is 0 Å². The topological polar surface area (TPSA) is 138 Å². The summed E-state index contributed by atoms with van der Waals surface area (Å²) >= 11 is 0. The molecule has 3 aliphatic rings. The molecule has 0 aliphatic carbocycles. The number of barbiturate groups is 1. The van der Waals surface area contributed by atoms with Gasteiger partial charge in [-0.2, -0.15) is 5.10 Å². The number of fused-ring (bicyclic) bond motifs is 4. The van der Waals surface area contributed by atoms with Gasteiger partial charge in [-0.25, -0.2) is 23.8 Å². The molecule has 0 unspecified atom stereocenters. The largest absolute Gasteiger partial charge is 0.452 e. The third-order valence-corrected chi connectivity index (χ3v) is 6.36. The number of carbonyl (C=O) groups is 4. The molecule has 34 heavy (non-hydrogen) atoms. The number of hydrogen-bond acceptors (Lipinski definition) is 8. The van der Waals surface area contributed by atoms with Crippen LogP contribution in [0.15, 0.2) is 11.2 Å². The van der Waals surface area contributed by atoms with Crippen molar-refractivity contribution >= 4 is 35.3 Å². The molecular weight excluding hydrogens is 456 g/mol. The molecule has 182 valence electrons. The van der Waals surface area contributed by atoms with Crippen molar-refractivity contribution in [3.8, 4) is 0 Å². The number of urea groups is 1. The number of imide groups is 2. The van der Waals surface area contributed by atoms with Crippen LogP contribution in [0.4, 0.5) is 24.1 Å². The Kier molecular flexibility index (Phi) is 5.75. The highest BCUT2D eigenvalue weighted by Gasteiger charge is 2.63. The maximum atomic E-state index is 15.5. The van der Waals surface area contributed by atoms with E-state index in [2.05, 4.69) is 20.5 Å². The number of halogens is 2. The average molecular weight is 479 g/mol. The van der Waals surface area contributed by atoms with Gasteiger partial charge in [0.25, 0.3) is 0 Å². The van der Waals surface area contributed by atoms with Crippen LogP contribution in [0.3, 0.4) is 0 Å². The first-order chi connectivity index (χ1) is 16.0. The number of nitrogens with zero attached hydrogens (tertiary/aromatic N) is 2. The highest BCUT2D eigenvalue weighted by molar-refractivity contribution is 6.20. The lowest BCUT2D eigenvalue weighted by Crippen LogP contribution is -2.75. The smallest absolute Gasteiger partial charge is 0.427 e. The van der Waals surface area contributed by atoms with Gasteiger partial charge in [-0.3, -0.25) is 20.2 Å². The lowest BCUT2D eigenvalue weighted by atomic mass is 9.66. The summed E-state index contributed by atoms with van der Waals surface area (Å²) in [6.07, 6.45) is -2.37. The SMILES string of the molecule is COC(=O)N/N=C(\C)c1cc2c(c(F)c1F)N1C[C@@H](C)O[C@@H](C)[C@@H]1C1(C2)C(=O)NC(=O)NC1=O. The zero-order chi connectivity index (χ0) is 24.9.